The molecule has 0 unspecified atom stereocenters. The van der Waals surface area contributed by atoms with Crippen LogP contribution < -0.4 is 4.74 Å². The minimum absolute atomic E-state index is 0.0968. The first-order valence-corrected chi connectivity index (χ1v) is 12.6. The third-order valence-corrected chi connectivity index (χ3v) is 6.55. The Kier molecular flexibility index (Phi) is 8.13. The van der Waals surface area contributed by atoms with Gasteiger partial charge in [-0.15, -0.1) is 0 Å². The molecule has 0 saturated carbocycles. The van der Waals surface area contributed by atoms with Crippen LogP contribution in [0.1, 0.15) is 35.3 Å². The van der Waals surface area contributed by atoms with E-state index >= 15 is 0 Å². The van der Waals surface area contributed by atoms with Crippen molar-refractivity contribution < 1.29 is 19.4 Å². The predicted molar refractivity (Wildman–Crippen MR) is 145 cm³/mol. The van der Waals surface area contributed by atoms with Gasteiger partial charge in [0.1, 0.15) is 12.4 Å². The van der Waals surface area contributed by atoms with E-state index in [0.29, 0.717) is 27.4 Å². The molecule has 1 N–H and O–H groups in total. The molecule has 184 valence electrons. The van der Waals surface area contributed by atoms with Crippen LogP contribution in [0.5, 0.6) is 5.75 Å². The van der Waals surface area contributed by atoms with Crippen molar-refractivity contribution in [3.8, 4) is 5.75 Å². The van der Waals surface area contributed by atoms with Crippen LogP contribution in [0.4, 0.5) is 5.69 Å². The van der Waals surface area contributed by atoms with Crippen molar-refractivity contribution in [2.45, 2.75) is 20.5 Å². The fourth-order valence-corrected chi connectivity index (χ4v) is 4.65. The topological polar surface area (TPSA) is 79.2 Å². The Bertz CT molecular complexity index is 1320. The van der Waals surface area contributed by atoms with Gasteiger partial charge < -0.3 is 9.84 Å². The summed E-state index contributed by atoms with van der Waals surface area (Å²) in [6.45, 7) is 4.95. The molecule has 0 atom stereocenters. The molecule has 1 saturated heterocycles. The number of para-hydroxylation sites is 1. The maximum Gasteiger partial charge on any atom is 0.335 e. The number of thioether (sulfide) groups is 1. The van der Waals surface area contributed by atoms with Crippen molar-refractivity contribution in [2.24, 2.45) is 10.9 Å². The second kappa shape index (κ2) is 11.5. The number of hydrogen-bond donors (Lipinski definition) is 1. The lowest BCUT2D eigenvalue weighted by molar-refractivity contribution is -0.122. The minimum atomic E-state index is -0.969. The van der Waals surface area contributed by atoms with Gasteiger partial charge in [0.2, 0.25) is 0 Å². The smallest absolute Gasteiger partial charge is 0.335 e. The Morgan fingerprint density at radius 1 is 1.08 bits per heavy atom. The zero-order valence-corrected chi connectivity index (χ0v) is 21.4. The number of carboxylic acid groups (broad SMARTS) is 1. The molecule has 1 fully saturated rings. The van der Waals surface area contributed by atoms with Gasteiger partial charge >= 0.3 is 5.97 Å². The number of halogens is 1. The van der Waals surface area contributed by atoms with E-state index < -0.39 is 5.97 Å². The summed E-state index contributed by atoms with van der Waals surface area (Å²) in [4.78, 5) is 31.4. The van der Waals surface area contributed by atoms with Crippen molar-refractivity contribution in [3.05, 3.63) is 99.4 Å². The molecular weight excluding hydrogens is 496 g/mol. The van der Waals surface area contributed by atoms with Gasteiger partial charge in [-0.25, -0.2) is 9.79 Å². The fourth-order valence-electron chi connectivity index (χ4n) is 3.52. The molecule has 1 amide bonds. The highest BCUT2D eigenvalue weighted by Gasteiger charge is 2.34. The van der Waals surface area contributed by atoms with Gasteiger partial charge in [0.25, 0.3) is 5.91 Å². The number of nitrogens with zero attached hydrogens (tertiary/aromatic N) is 2. The SMILES string of the molecule is CC(C)CN1C(=O)/C(=C/c2ccccc2OCc2ccc(C(=O)O)cc2)SC1=Nc1ccc(Cl)cc1. The van der Waals surface area contributed by atoms with Crippen molar-refractivity contribution in [2.75, 3.05) is 6.54 Å². The maximum atomic E-state index is 13.3. The molecular formula is C28H25ClN2O4S. The first-order chi connectivity index (χ1) is 17.3. The monoisotopic (exact) mass is 520 g/mol. The van der Waals surface area contributed by atoms with E-state index in [9.17, 15) is 9.59 Å². The maximum absolute atomic E-state index is 13.3. The summed E-state index contributed by atoms with van der Waals surface area (Å²) in [5.41, 5.74) is 2.56. The van der Waals surface area contributed by atoms with Gasteiger partial charge in [0, 0.05) is 17.1 Å². The number of amidine groups is 1. The first-order valence-electron chi connectivity index (χ1n) is 11.4. The third kappa shape index (κ3) is 6.36. The molecule has 3 aromatic carbocycles. The van der Waals surface area contributed by atoms with Crippen LogP contribution in [0, 0.1) is 5.92 Å². The lowest BCUT2D eigenvalue weighted by atomic mass is 10.1. The highest BCUT2D eigenvalue weighted by molar-refractivity contribution is 8.18. The van der Waals surface area contributed by atoms with E-state index in [1.807, 2.05) is 42.5 Å². The largest absolute Gasteiger partial charge is 0.488 e. The lowest BCUT2D eigenvalue weighted by Crippen LogP contribution is -2.32. The quantitative estimate of drug-likeness (QED) is 0.327. The Morgan fingerprint density at radius 3 is 2.44 bits per heavy atom. The van der Waals surface area contributed by atoms with Crippen molar-refractivity contribution in [1.82, 2.24) is 4.90 Å². The summed E-state index contributed by atoms with van der Waals surface area (Å²) in [5.74, 6) is -0.171. The summed E-state index contributed by atoms with van der Waals surface area (Å²) in [7, 11) is 0. The van der Waals surface area contributed by atoms with Crippen molar-refractivity contribution in [1.29, 1.82) is 0 Å². The highest BCUT2D eigenvalue weighted by Crippen LogP contribution is 2.36. The molecule has 4 rings (SSSR count). The summed E-state index contributed by atoms with van der Waals surface area (Å²) < 4.78 is 6.03. The molecule has 3 aromatic rings. The summed E-state index contributed by atoms with van der Waals surface area (Å²) in [5, 5.41) is 10.3. The third-order valence-electron chi connectivity index (χ3n) is 5.29. The highest BCUT2D eigenvalue weighted by atomic mass is 35.5. The fraction of sp³-hybridized carbons (Fsp3) is 0.179. The molecule has 1 heterocycles. The Balaban J connectivity index is 1.57. The first kappa shape index (κ1) is 25.5. The normalized spacial score (nSPS) is 15.8. The summed E-state index contributed by atoms with van der Waals surface area (Å²) in [6, 6.07) is 21.2. The number of rotatable bonds is 8. The van der Waals surface area contributed by atoms with E-state index in [1.54, 1.807) is 41.3 Å². The van der Waals surface area contributed by atoms with E-state index in [2.05, 4.69) is 13.8 Å². The lowest BCUT2D eigenvalue weighted by Gasteiger charge is -2.17. The van der Waals surface area contributed by atoms with E-state index in [0.717, 1.165) is 16.8 Å². The molecule has 1 aliphatic heterocycles. The molecule has 1 aliphatic rings. The second-order valence-electron chi connectivity index (χ2n) is 8.62. The van der Waals surface area contributed by atoms with Gasteiger partial charge in [0.05, 0.1) is 16.2 Å². The van der Waals surface area contributed by atoms with Crippen LogP contribution >= 0.6 is 23.4 Å². The van der Waals surface area contributed by atoms with Gasteiger partial charge in [-0.2, -0.15) is 0 Å². The van der Waals surface area contributed by atoms with E-state index in [-0.39, 0.29) is 24.0 Å². The van der Waals surface area contributed by atoms with Gasteiger partial charge in [-0.3, -0.25) is 9.69 Å². The Labute approximate surface area is 219 Å². The number of hydrogen-bond acceptors (Lipinski definition) is 5. The molecule has 0 radical (unpaired) electrons. The van der Waals surface area contributed by atoms with Crippen LogP contribution in [-0.4, -0.2) is 33.6 Å². The number of amides is 1. The number of carbonyl (C=O) groups excluding carboxylic acids is 1. The van der Waals surface area contributed by atoms with Crippen LogP contribution in [0.15, 0.2) is 82.7 Å². The van der Waals surface area contributed by atoms with Crippen LogP contribution in [-0.2, 0) is 11.4 Å². The number of ether oxygens (including phenoxy) is 1. The standard InChI is InChI=1S/C28H25ClN2O4S/c1-18(2)16-31-26(32)25(36-28(31)30-23-13-11-22(29)12-14-23)15-21-5-3-4-6-24(21)35-17-19-7-9-20(10-8-19)27(33)34/h3-15,18H,16-17H2,1-2H3,(H,33,34)/b25-15-,30-28?. The average Bonchev–Trinajstić information content (AvgIpc) is 3.13. The molecule has 6 nitrogen and oxygen atoms in total. The van der Waals surface area contributed by atoms with Crippen LogP contribution in [0.25, 0.3) is 6.08 Å². The van der Waals surface area contributed by atoms with Gasteiger partial charge in [0.15, 0.2) is 5.17 Å². The average molecular weight is 521 g/mol. The van der Waals surface area contributed by atoms with E-state index in [4.69, 9.17) is 26.4 Å². The summed E-state index contributed by atoms with van der Waals surface area (Å²) >= 11 is 7.33. The zero-order valence-electron chi connectivity index (χ0n) is 19.8. The molecule has 0 aromatic heterocycles. The number of aromatic carboxylic acids is 1. The number of aliphatic imine (C=N–C) groups is 1. The van der Waals surface area contributed by atoms with Gasteiger partial charge in [-0.1, -0.05) is 55.8 Å². The molecule has 0 bridgehead atoms. The molecule has 0 spiro atoms. The Morgan fingerprint density at radius 2 is 1.78 bits per heavy atom. The zero-order chi connectivity index (χ0) is 25.7. The van der Waals surface area contributed by atoms with Gasteiger partial charge in [-0.05, 0) is 71.8 Å². The molecule has 0 aliphatic carbocycles. The number of carboxylic acids is 1. The van der Waals surface area contributed by atoms with Crippen molar-refractivity contribution in [3.63, 3.8) is 0 Å². The number of carbonyl (C=O) groups is 2. The predicted octanol–water partition coefficient (Wildman–Crippen LogP) is 6.88. The van der Waals surface area contributed by atoms with E-state index in [1.165, 1.54) is 11.8 Å². The molecule has 8 heteroatoms. The Hall–Kier alpha value is -3.55. The minimum Gasteiger partial charge on any atom is -0.488 e. The molecule has 36 heavy (non-hydrogen) atoms. The van der Waals surface area contributed by atoms with Crippen molar-refractivity contribution >= 4 is 52.2 Å². The van der Waals surface area contributed by atoms with Crippen LogP contribution in [0.2, 0.25) is 5.02 Å². The summed E-state index contributed by atoms with van der Waals surface area (Å²) in [6.07, 6.45) is 1.83. The second-order valence-corrected chi connectivity index (χ2v) is 10.1. The number of benzene rings is 3. The van der Waals surface area contributed by atoms with Crippen LogP contribution in [0.3, 0.4) is 0 Å².